The molecular weight excluding hydrogens is 358 g/mol. The van der Waals surface area contributed by atoms with Gasteiger partial charge in [0.25, 0.3) is 5.69 Å². The molecule has 0 aliphatic rings. The number of benzene rings is 2. The highest BCUT2D eigenvalue weighted by Gasteiger charge is 2.13. The van der Waals surface area contributed by atoms with E-state index in [4.69, 9.17) is 9.47 Å². The molecule has 0 aromatic heterocycles. The van der Waals surface area contributed by atoms with E-state index < -0.39 is 4.92 Å². The first-order chi connectivity index (χ1) is 13.3. The lowest BCUT2D eigenvalue weighted by Crippen LogP contribution is -2.02. The maximum absolute atomic E-state index is 12.4. The lowest BCUT2D eigenvalue weighted by atomic mass is 10.1. The van der Waals surface area contributed by atoms with Crippen LogP contribution in [0.2, 0.25) is 0 Å². The zero-order chi connectivity index (χ0) is 20.7. The number of nitro groups is 1. The molecule has 0 atom stereocenters. The number of allylic oxidation sites excluding steroid dienone is 1. The second-order valence-corrected chi connectivity index (χ2v) is 6.90. The Kier molecular flexibility index (Phi) is 7.32. The van der Waals surface area contributed by atoms with Crippen molar-refractivity contribution in [2.24, 2.45) is 5.92 Å². The molecule has 0 amide bonds. The van der Waals surface area contributed by atoms with Crippen molar-refractivity contribution in [3.05, 3.63) is 69.3 Å². The van der Waals surface area contributed by atoms with E-state index in [0.29, 0.717) is 29.6 Å². The molecule has 0 aliphatic carbocycles. The molecular formula is C22H25NO5. The molecule has 0 unspecified atom stereocenters. The maximum Gasteiger partial charge on any atom is 0.273 e. The number of hydrogen-bond acceptors (Lipinski definition) is 5. The number of carbonyl (C=O) groups excluding carboxylic acids is 1. The highest BCUT2D eigenvalue weighted by Crippen LogP contribution is 2.29. The normalized spacial score (nSPS) is 11.0. The van der Waals surface area contributed by atoms with Crippen molar-refractivity contribution < 1.29 is 19.2 Å². The van der Waals surface area contributed by atoms with Gasteiger partial charge in [-0.25, -0.2) is 0 Å². The first-order valence-corrected chi connectivity index (χ1v) is 9.10. The van der Waals surface area contributed by atoms with Crippen LogP contribution in [0.1, 0.15) is 41.8 Å². The Morgan fingerprint density at radius 1 is 1.18 bits per heavy atom. The fraction of sp³-hybridized carbons (Fsp3) is 0.318. The quantitative estimate of drug-likeness (QED) is 0.256. The first-order valence-electron chi connectivity index (χ1n) is 9.10. The smallest absolute Gasteiger partial charge is 0.273 e. The minimum absolute atomic E-state index is 0.0659. The maximum atomic E-state index is 12.4. The van der Waals surface area contributed by atoms with Gasteiger partial charge in [-0.2, -0.15) is 0 Å². The predicted molar refractivity (Wildman–Crippen MR) is 109 cm³/mol. The Morgan fingerprint density at radius 2 is 1.93 bits per heavy atom. The molecule has 28 heavy (non-hydrogen) atoms. The summed E-state index contributed by atoms with van der Waals surface area (Å²) in [4.78, 5) is 22.9. The zero-order valence-corrected chi connectivity index (χ0v) is 16.6. The van der Waals surface area contributed by atoms with Crippen LogP contribution in [0.5, 0.6) is 11.5 Å². The van der Waals surface area contributed by atoms with Gasteiger partial charge in [-0.15, -0.1) is 0 Å². The summed E-state index contributed by atoms with van der Waals surface area (Å²) in [7, 11) is 1.56. The van der Waals surface area contributed by atoms with Crippen molar-refractivity contribution in [2.75, 3.05) is 13.7 Å². The molecule has 6 nitrogen and oxygen atoms in total. The summed E-state index contributed by atoms with van der Waals surface area (Å²) in [5.74, 6) is 1.49. The third-order valence-corrected chi connectivity index (χ3v) is 4.26. The minimum Gasteiger partial charge on any atom is -0.493 e. The molecule has 0 spiro atoms. The molecule has 0 bridgehead atoms. The minimum atomic E-state index is -0.487. The van der Waals surface area contributed by atoms with Crippen molar-refractivity contribution >= 4 is 17.5 Å². The second kappa shape index (κ2) is 9.69. The Hall–Kier alpha value is -3.15. The van der Waals surface area contributed by atoms with E-state index >= 15 is 0 Å². The van der Waals surface area contributed by atoms with Crippen LogP contribution in [0.15, 0.2) is 42.5 Å². The van der Waals surface area contributed by atoms with Gasteiger partial charge in [-0.3, -0.25) is 14.9 Å². The molecule has 2 aromatic rings. The molecule has 2 aromatic carbocycles. The van der Waals surface area contributed by atoms with Crippen molar-refractivity contribution in [3.8, 4) is 11.5 Å². The lowest BCUT2D eigenvalue weighted by Gasteiger charge is -2.12. The van der Waals surface area contributed by atoms with Crippen molar-refractivity contribution in [1.29, 1.82) is 0 Å². The van der Waals surface area contributed by atoms with Gasteiger partial charge in [-0.1, -0.05) is 38.1 Å². The average Bonchev–Trinajstić information content (AvgIpc) is 2.66. The summed E-state index contributed by atoms with van der Waals surface area (Å²) in [6.07, 6.45) is 3.99. The molecule has 0 aliphatic heterocycles. The number of methoxy groups -OCH3 is 1. The molecule has 148 valence electrons. The van der Waals surface area contributed by atoms with Crippen LogP contribution in [0.3, 0.4) is 0 Å². The average molecular weight is 383 g/mol. The van der Waals surface area contributed by atoms with Crippen LogP contribution < -0.4 is 9.47 Å². The molecule has 0 saturated heterocycles. The van der Waals surface area contributed by atoms with Gasteiger partial charge in [0.05, 0.1) is 18.6 Å². The summed E-state index contributed by atoms with van der Waals surface area (Å²) in [6.45, 7) is 6.51. The number of nitro benzene ring substituents is 1. The molecule has 0 N–H and O–H groups in total. The van der Waals surface area contributed by atoms with E-state index in [0.717, 1.165) is 12.0 Å². The number of hydrogen-bond donors (Lipinski definition) is 0. The third-order valence-electron chi connectivity index (χ3n) is 4.26. The highest BCUT2D eigenvalue weighted by atomic mass is 16.6. The van der Waals surface area contributed by atoms with Crippen molar-refractivity contribution in [2.45, 2.75) is 27.2 Å². The van der Waals surface area contributed by atoms with Gasteiger partial charge in [0.1, 0.15) is 0 Å². The van der Waals surface area contributed by atoms with E-state index in [2.05, 4.69) is 13.8 Å². The van der Waals surface area contributed by atoms with Gasteiger partial charge < -0.3 is 9.47 Å². The third kappa shape index (κ3) is 5.67. The van der Waals surface area contributed by atoms with Crippen LogP contribution in [-0.4, -0.2) is 24.4 Å². The first kappa shape index (κ1) is 21.2. The van der Waals surface area contributed by atoms with Gasteiger partial charge >= 0.3 is 0 Å². The van der Waals surface area contributed by atoms with Crippen molar-refractivity contribution in [3.63, 3.8) is 0 Å². The fourth-order valence-electron chi connectivity index (χ4n) is 2.54. The lowest BCUT2D eigenvalue weighted by molar-refractivity contribution is -0.385. The van der Waals surface area contributed by atoms with Crippen LogP contribution >= 0.6 is 0 Å². The number of aryl methyl sites for hydroxylation is 1. The Balaban J connectivity index is 2.14. The van der Waals surface area contributed by atoms with E-state index in [-0.39, 0.29) is 17.0 Å². The van der Waals surface area contributed by atoms with Gasteiger partial charge in [0, 0.05) is 17.2 Å². The SMILES string of the molecule is COc1cc(/C=C/C(=O)c2ccc(C)c([N+](=O)[O-])c2)ccc1OCCC(C)C. The summed E-state index contributed by atoms with van der Waals surface area (Å²) < 4.78 is 11.1. The molecule has 0 heterocycles. The zero-order valence-electron chi connectivity index (χ0n) is 16.6. The van der Waals surface area contributed by atoms with Crippen molar-refractivity contribution in [1.82, 2.24) is 0 Å². The monoisotopic (exact) mass is 383 g/mol. The standard InChI is InChI=1S/C22H25NO5/c1-15(2)11-12-28-21-10-7-17(13-22(21)27-4)6-9-20(24)18-8-5-16(3)19(14-18)23(25)26/h5-10,13-15H,11-12H2,1-4H3/b9-6+. The molecule has 0 radical (unpaired) electrons. The van der Waals surface area contributed by atoms with Gasteiger partial charge in [0.15, 0.2) is 17.3 Å². The fourth-order valence-corrected chi connectivity index (χ4v) is 2.54. The Morgan fingerprint density at radius 3 is 2.57 bits per heavy atom. The Labute approximate surface area is 164 Å². The summed E-state index contributed by atoms with van der Waals surface area (Å²) >= 11 is 0. The van der Waals surface area contributed by atoms with Crippen LogP contribution in [0.4, 0.5) is 5.69 Å². The van der Waals surface area contributed by atoms with E-state index in [1.165, 1.54) is 12.1 Å². The number of nitrogens with zero attached hydrogens (tertiary/aromatic N) is 1. The largest absolute Gasteiger partial charge is 0.493 e. The second-order valence-electron chi connectivity index (χ2n) is 6.90. The van der Waals surface area contributed by atoms with E-state index in [9.17, 15) is 14.9 Å². The van der Waals surface area contributed by atoms with Crippen LogP contribution in [0.25, 0.3) is 6.08 Å². The molecule has 2 rings (SSSR count). The Bertz CT molecular complexity index is 886. The highest BCUT2D eigenvalue weighted by molar-refractivity contribution is 6.07. The summed E-state index contributed by atoms with van der Waals surface area (Å²) in [6, 6.07) is 9.88. The number of ketones is 1. The van der Waals surface area contributed by atoms with E-state index in [1.54, 1.807) is 44.4 Å². The molecule has 6 heteroatoms. The predicted octanol–water partition coefficient (Wildman–Crippen LogP) is 5.23. The van der Waals surface area contributed by atoms with Gasteiger partial charge in [-0.05, 0) is 43.0 Å². The van der Waals surface area contributed by atoms with Crippen LogP contribution in [0, 0.1) is 23.0 Å². The summed E-state index contributed by atoms with van der Waals surface area (Å²) in [5, 5.41) is 11.0. The summed E-state index contributed by atoms with van der Waals surface area (Å²) in [5.41, 5.74) is 1.49. The molecule has 0 fully saturated rings. The number of carbonyl (C=O) groups is 1. The van der Waals surface area contributed by atoms with Crippen LogP contribution in [-0.2, 0) is 0 Å². The topological polar surface area (TPSA) is 78.7 Å². The number of ether oxygens (including phenoxy) is 2. The molecule has 0 saturated carbocycles. The number of rotatable bonds is 9. The van der Waals surface area contributed by atoms with Gasteiger partial charge in [0.2, 0.25) is 0 Å². The van der Waals surface area contributed by atoms with E-state index in [1.807, 2.05) is 6.07 Å².